The molecule has 47 heavy (non-hydrogen) atoms. The Kier molecular flexibility index (Phi) is 9.19. The Morgan fingerprint density at radius 2 is 1.66 bits per heavy atom. The summed E-state index contributed by atoms with van der Waals surface area (Å²) in [5, 5.41) is 0.470. The molecule has 2 heterocycles. The zero-order chi connectivity index (χ0) is 33.1. The van der Waals surface area contributed by atoms with E-state index in [4.69, 9.17) is 19.9 Å². The van der Waals surface area contributed by atoms with E-state index < -0.39 is 28.9 Å². The van der Waals surface area contributed by atoms with Gasteiger partial charge in [0, 0.05) is 50.5 Å². The second-order valence-electron chi connectivity index (χ2n) is 11.8. The van der Waals surface area contributed by atoms with E-state index in [1.54, 1.807) is 12.1 Å². The number of carbonyl (C=O) groups is 2. The van der Waals surface area contributed by atoms with Gasteiger partial charge in [-0.2, -0.15) is 0 Å². The molecule has 246 valence electrons. The average molecular weight is 647 g/mol. The fourth-order valence-corrected chi connectivity index (χ4v) is 5.63. The molecule has 4 aromatic rings. The van der Waals surface area contributed by atoms with Crippen molar-refractivity contribution in [1.29, 1.82) is 0 Å². The van der Waals surface area contributed by atoms with Gasteiger partial charge in [-0.15, -0.1) is 0 Å². The van der Waals surface area contributed by atoms with Crippen molar-refractivity contribution in [3.8, 4) is 23.1 Å². The third-order valence-corrected chi connectivity index (χ3v) is 8.66. The van der Waals surface area contributed by atoms with E-state index in [1.165, 1.54) is 54.7 Å². The van der Waals surface area contributed by atoms with Crippen LogP contribution in [-0.2, 0) is 9.59 Å². The number of carbonyl (C=O) groups excluding carboxylic acids is 2. The van der Waals surface area contributed by atoms with Crippen LogP contribution < -0.4 is 24.8 Å². The number of rotatable bonds is 12. The van der Waals surface area contributed by atoms with E-state index in [-0.39, 0.29) is 35.8 Å². The number of hydrogen-bond donors (Lipinski definition) is 1. The van der Waals surface area contributed by atoms with E-state index in [0.29, 0.717) is 29.0 Å². The quantitative estimate of drug-likeness (QED) is 0.173. The van der Waals surface area contributed by atoms with Gasteiger partial charge in [0.05, 0.1) is 30.3 Å². The van der Waals surface area contributed by atoms with Gasteiger partial charge >= 0.3 is 0 Å². The Morgan fingerprint density at radius 1 is 0.936 bits per heavy atom. The number of fused-ring (bicyclic) bond motifs is 1. The largest absolute Gasteiger partial charge is 0.493 e. The van der Waals surface area contributed by atoms with Gasteiger partial charge in [-0.3, -0.25) is 14.5 Å². The molecule has 1 aliphatic heterocycles. The zero-order valence-electron chi connectivity index (χ0n) is 26.2. The number of nitrogens with two attached hydrogens (primary N) is 1. The van der Waals surface area contributed by atoms with E-state index >= 15 is 4.39 Å². The molecule has 1 saturated heterocycles. The molecule has 0 unspecified atom stereocenters. The Bertz CT molecular complexity index is 1780. The molecule has 2 fully saturated rings. The minimum Gasteiger partial charge on any atom is -0.493 e. The highest BCUT2D eigenvalue weighted by Crippen LogP contribution is 2.49. The Balaban J connectivity index is 1.21. The Hall–Kier alpha value is -4.88. The molecule has 0 bridgehead atoms. The summed E-state index contributed by atoms with van der Waals surface area (Å²) in [6.07, 6.45) is 2.71. The minimum absolute atomic E-state index is 0.0821. The minimum atomic E-state index is -1.40. The van der Waals surface area contributed by atoms with Gasteiger partial charge in [-0.1, -0.05) is 0 Å². The maximum absolute atomic E-state index is 15.6. The molecule has 0 radical (unpaired) electrons. The zero-order valence-corrected chi connectivity index (χ0v) is 26.2. The smallest absolute Gasteiger partial charge is 0.247 e. The standard InChI is InChI=1S/C34H36F2N6O5/c1-40-13-15-41(16-14-40)12-3-17-46-30-20-27-25(19-29(30)45-2)31(39-21-38-27)47-28-9-8-24(18-26(28)36)42(23-6-4-22(35)5-7-23)33(44)34(10-11-34)32(37)43/h4-9,18-21H,3,10-17H2,1-2H3,(H2,37,43). The molecule has 1 saturated carbocycles. The van der Waals surface area contributed by atoms with Crippen molar-refractivity contribution in [3.63, 3.8) is 0 Å². The van der Waals surface area contributed by atoms with Crippen molar-refractivity contribution in [3.05, 3.63) is 72.6 Å². The number of nitrogens with zero attached hydrogens (tertiary/aromatic N) is 5. The number of methoxy groups -OCH3 is 1. The number of halogens is 2. The van der Waals surface area contributed by atoms with Crippen molar-refractivity contribution in [2.45, 2.75) is 19.3 Å². The number of anilines is 2. The first-order valence-electron chi connectivity index (χ1n) is 15.4. The highest BCUT2D eigenvalue weighted by Gasteiger charge is 2.57. The third kappa shape index (κ3) is 6.81. The molecule has 1 aromatic heterocycles. The van der Waals surface area contributed by atoms with Crippen LogP contribution in [-0.4, -0.2) is 85.1 Å². The summed E-state index contributed by atoms with van der Waals surface area (Å²) in [7, 11) is 3.66. The lowest BCUT2D eigenvalue weighted by atomic mass is 10.0. The van der Waals surface area contributed by atoms with Gasteiger partial charge in [0.2, 0.25) is 17.7 Å². The molecule has 1 aliphatic carbocycles. The second-order valence-corrected chi connectivity index (χ2v) is 11.8. The van der Waals surface area contributed by atoms with E-state index in [1.807, 2.05) is 0 Å². The fourth-order valence-electron chi connectivity index (χ4n) is 5.63. The lowest BCUT2D eigenvalue weighted by molar-refractivity contribution is -0.133. The van der Waals surface area contributed by atoms with E-state index in [2.05, 4.69) is 26.8 Å². The van der Waals surface area contributed by atoms with Crippen LogP contribution in [0.15, 0.2) is 60.9 Å². The number of ether oxygens (including phenoxy) is 3. The van der Waals surface area contributed by atoms with Crippen molar-refractivity contribution in [1.82, 2.24) is 19.8 Å². The maximum Gasteiger partial charge on any atom is 0.247 e. The highest BCUT2D eigenvalue weighted by molar-refractivity contribution is 6.16. The third-order valence-electron chi connectivity index (χ3n) is 8.66. The van der Waals surface area contributed by atoms with E-state index in [9.17, 15) is 14.0 Å². The molecule has 2 N–H and O–H groups in total. The van der Waals surface area contributed by atoms with Crippen molar-refractivity contribution < 1.29 is 32.6 Å². The average Bonchev–Trinajstić information content (AvgIpc) is 3.89. The van der Waals surface area contributed by atoms with Gasteiger partial charge in [0.15, 0.2) is 23.1 Å². The first kappa shape index (κ1) is 32.1. The van der Waals surface area contributed by atoms with Crippen LogP contribution in [0.25, 0.3) is 10.9 Å². The second kappa shape index (κ2) is 13.5. The van der Waals surface area contributed by atoms with Crippen LogP contribution in [0.5, 0.6) is 23.1 Å². The number of primary amides is 1. The van der Waals surface area contributed by atoms with Crippen LogP contribution in [0.4, 0.5) is 20.2 Å². The topological polar surface area (TPSA) is 123 Å². The van der Waals surface area contributed by atoms with Crippen molar-refractivity contribution in [2.75, 3.05) is 58.4 Å². The summed E-state index contributed by atoms with van der Waals surface area (Å²) >= 11 is 0. The molecule has 3 aromatic carbocycles. The summed E-state index contributed by atoms with van der Waals surface area (Å²) in [4.78, 5) is 40.2. The van der Waals surface area contributed by atoms with Crippen molar-refractivity contribution >= 4 is 34.1 Å². The number of hydrogen-bond acceptors (Lipinski definition) is 9. The van der Waals surface area contributed by atoms with Gasteiger partial charge < -0.3 is 29.7 Å². The van der Waals surface area contributed by atoms with Gasteiger partial charge in [0.1, 0.15) is 17.6 Å². The molecule has 13 heteroatoms. The molecule has 2 amide bonds. The fraction of sp³-hybridized carbons (Fsp3) is 0.353. The summed E-state index contributed by atoms with van der Waals surface area (Å²) < 4.78 is 46.9. The highest BCUT2D eigenvalue weighted by atomic mass is 19.1. The van der Waals surface area contributed by atoms with Crippen LogP contribution >= 0.6 is 0 Å². The van der Waals surface area contributed by atoms with Gasteiger partial charge in [0.25, 0.3) is 0 Å². The molecular formula is C34H36F2N6O5. The normalized spacial score (nSPS) is 16.1. The number of benzene rings is 3. The first-order valence-corrected chi connectivity index (χ1v) is 15.4. The van der Waals surface area contributed by atoms with Gasteiger partial charge in [-0.25, -0.2) is 18.7 Å². The van der Waals surface area contributed by atoms with Crippen LogP contribution in [0.2, 0.25) is 0 Å². The monoisotopic (exact) mass is 646 g/mol. The summed E-state index contributed by atoms with van der Waals surface area (Å²) in [6, 6.07) is 12.4. The van der Waals surface area contributed by atoms with Crippen LogP contribution in [0, 0.1) is 17.0 Å². The predicted molar refractivity (Wildman–Crippen MR) is 171 cm³/mol. The predicted octanol–water partition coefficient (Wildman–Crippen LogP) is 4.66. The SMILES string of the molecule is COc1cc2c(Oc3ccc(N(C(=O)C4(C(N)=O)CC4)c4ccc(F)cc4)cc3F)ncnc2cc1OCCCN1CCN(C)CC1. The molecule has 0 atom stereocenters. The lowest BCUT2D eigenvalue weighted by Crippen LogP contribution is -2.44. The summed E-state index contributed by atoms with van der Waals surface area (Å²) in [6.45, 7) is 5.64. The number of piperazine rings is 1. The van der Waals surface area contributed by atoms with E-state index in [0.717, 1.165) is 45.2 Å². The lowest BCUT2D eigenvalue weighted by Gasteiger charge is -2.32. The number of aromatic nitrogens is 2. The van der Waals surface area contributed by atoms with Crippen molar-refractivity contribution in [2.24, 2.45) is 11.1 Å². The molecule has 11 nitrogen and oxygen atoms in total. The Morgan fingerprint density at radius 3 is 2.32 bits per heavy atom. The molecular weight excluding hydrogens is 610 g/mol. The number of likely N-dealkylation sites (N-methyl/N-ethyl adjacent to an activating group) is 1. The Labute approximate surface area is 270 Å². The van der Waals surface area contributed by atoms with Crippen LogP contribution in [0.1, 0.15) is 19.3 Å². The van der Waals surface area contributed by atoms with Gasteiger partial charge in [-0.05, 0) is 68.8 Å². The summed E-state index contributed by atoms with van der Waals surface area (Å²) in [5.74, 6) is -1.81. The molecule has 2 aliphatic rings. The summed E-state index contributed by atoms with van der Waals surface area (Å²) in [5.41, 5.74) is 5.04. The number of amides is 2. The molecule has 6 rings (SSSR count). The molecule has 0 spiro atoms. The first-order chi connectivity index (χ1) is 22.7. The maximum atomic E-state index is 15.6. The van der Waals surface area contributed by atoms with Crippen LogP contribution in [0.3, 0.4) is 0 Å².